The van der Waals surface area contributed by atoms with E-state index in [1.54, 1.807) is 0 Å². The molecular formula is C16H31NO3. The monoisotopic (exact) mass is 285 g/mol. The standard InChI is InChI=1S/C16H31NO3/c1-3-10-19-12-13-20-11-9-17-16(18)15-7-5-14(4-2)6-8-15/h14-15H,3-13H2,1-2H3,(H,17,18). The van der Waals surface area contributed by atoms with E-state index in [4.69, 9.17) is 9.47 Å². The fourth-order valence-corrected chi connectivity index (χ4v) is 2.69. The van der Waals surface area contributed by atoms with Gasteiger partial charge in [-0.2, -0.15) is 0 Å². The summed E-state index contributed by atoms with van der Waals surface area (Å²) in [6, 6.07) is 0. The molecule has 0 heterocycles. The van der Waals surface area contributed by atoms with Crippen LogP contribution >= 0.6 is 0 Å². The van der Waals surface area contributed by atoms with Gasteiger partial charge in [-0.1, -0.05) is 20.3 Å². The summed E-state index contributed by atoms with van der Waals surface area (Å²) >= 11 is 0. The van der Waals surface area contributed by atoms with Crippen LogP contribution in [0.3, 0.4) is 0 Å². The first-order chi connectivity index (χ1) is 9.77. The van der Waals surface area contributed by atoms with E-state index < -0.39 is 0 Å². The Morgan fingerprint density at radius 1 is 1.00 bits per heavy atom. The molecule has 0 aliphatic heterocycles. The van der Waals surface area contributed by atoms with Gasteiger partial charge in [0, 0.05) is 19.1 Å². The topological polar surface area (TPSA) is 47.6 Å². The average molecular weight is 285 g/mol. The van der Waals surface area contributed by atoms with E-state index in [9.17, 15) is 4.79 Å². The first-order valence-electron chi connectivity index (χ1n) is 8.21. The third-order valence-electron chi connectivity index (χ3n) is 4.06. The van der Waals surface area contributed by atoms with Crippen molar-refractivity contribution in [2.24, 2.45) is 11.8 Å². The van der Waals surface area contributed by atoms with Crippen molar-refractivity contribution in [2.75, 3.05) is 33.0 Å². The lowest BCUT2D eigenvalue weighted by molar-refractivity contribution is -0.126. The van der Waals surface area contributed by atoms with Gasteiger partial charge >= 0.3 is 0 Å². The lowest BCUT2D eigenvalue weighted by Crippen LogP contribution is -2.35. The zero-order valence-electron chi connectivity index (χ0n) is 13.2. The van der Waals surface area contributed by atoms with E-state index in [-0.39, 0.29) is 11.8 Å². The second-order valence-corrected chi connectivity index (χ2v) is 5.64. The number of carbonyl (C=O) groups is 1. The predicted octanol–water partition coefficient (Wildman–Crippen LogP) is 2.76. The van der Waals surface area contributed by atoms with Crippen LogP contribution in [0.2, 0.25) is 0 Å². The van der Waals surface area contributed by atoms with Crippen molar-refractivity contribution in [3.05, 3.63) is 0 Å². The van der Waals surface area contributed by atoms with Gasteiger partial charge in [-0.25, -0.2) is 0 Å². The minimum Gasteiger partial charge on any atom is -0.379 e. The molecule has 0 unspecified atom stereocenters. The lowest BCUT2D eigenvalue weighted by atomic mass is 9.80. The van der Waals surface area contributed by atoms with Crippen LogP contribution in [-0.4, -0.2) is 38.9 Å². The summed E-state index contributed by atoms with van der Waals surface area (Å²) in [5, 5.41) is 2.98. The van der Waals surface area contributed by atoms with Crippen molar-refractivity contribution in [1.82, 2.24) is 5.32 Å². The van der Waals surface area contributed by atoms with E-state index in [1.165, 1.54) is 19.3 Å². The Hall–Kier alpha value is -0.610. The Morgan fingerprint density at radius 3 is 2.25 bits per heavy atom. The molecule has 4 heteroatoms. The molecule has 1 fully saturated rings. The molecule has 4 nitrogen and oxygen atoms in total. The molecule has 0 radical (unpaired) electrons. The van der Waals surface area contributed by atoms with Gasteiger partial charge in [0.05, 0.1) is 19.8 Å². The highest BCUT2D eigenvalue weighted by Crippen LogP contribution is 2.30. The summed E-state index contributed by atoms with van der Waals surface area (Å²) < 4.78 is 10.7. The molecular weight excluding hydrogens is 254 g/mol. The highest BCUT2D eigenvalue weighted by molar-refractivity contribution is 5.78. The molecule has 0 spiro atoms. The maximum absolute atomic E-state index is 12.0. The fourth-order valence-electron chi connectivity index (χ4n) is 2.69. The summed E-state index contributed by atoms with van der Waals surface area (Å²) in [6.45, 7) is 7.56. The number of nitrogens with one attached hydrogen (secondary N) is 1. The molecule has 0 aromatic rings. The minimum atomic E-state index is 0.213. The van der Waals surface area contributed by atoms with Gasteiger partial charge in [-0.3, -0.25) is 4.79 Å². The quantitative estimate of drug-likeness (QED) is 0.628. The SMILES string of the molecule is CCCOCCOCCNC(=O)C1CCC(CC)CC1. The zero-order chi connectivity index (χ0) is 14.6. The van der Waals surface area contributed by atoms with Crippen LogP contribution in [-0.2, 0) is 14.3 Å². The van der Waals surface area contributed by atoms with Gasteiger partial charge in [0.1, 0.15) is 0 Å². The van der Waals surface area contributed by atoms with Gasteiger partial charge in [0.15, 0.2) is 0 Å². The van der Waals surface area contributed by atoms with Crippen molar-refractivity contribution in [1.29, 1.82) is 0 Å². The number of ether oxygens (including phenoxy) is 2. The largest absolute Gasteiger partial charge is 0.379 e. The molecule has 118 valence electrons. The van der Waals surface area contributed by atoms with Gasteiger partial charge < -0.3 is 14.8 Å². The predicted molar refractivity (Wildman–Crippen MR) is 80.7 cm³/mol. The van der Waals surface area contributed by atoms with Crippen LogP contribution in [0.15, 0.2) is 0 Å². The Bertz CT molecular complexity index is 250. The number of rotatable bonds is 10. The van der Waals surface area contributed by atoms with E-state index in [0.717, 1.165) is 31.8 Å². The Balaban J connectivity index is 1.95. The molecule has 0 aromatic carbocycles. The van der Waals surface area contributed by atoms with Gasteiger partial charge in [-0.15, -0.1) is 0 Å². The van der Waals surface area contributed by atoms with E-state index in [0.29, 0.717) is 26.4 Å². The van der Waals surface area contributed by atoms with E-state index in [1.807, 2.05) is 0 Å². The highest BCUT2D eigenvalue weighted by atomic mass is 16.5. The van der Waals surface area contributed by atoms with Crippen LogP contribution in [0.25, 0.3) is 0 Å². The van der Waals surface area contributed by atoms with Crippen LogP contribution < -0.4 is 5.32 Å². The minimum absolute atomic E-state index is 0.213. The van der Waals surface area contributed by atoms with Crippen molar-refractivity contribution in [3.63, 3.8) is 0 Å². The molecule has 0 atom stereocenters. The maximum atomic E-state index is 12.0. The molecule has 1 saturated carbocycles. The van der Waals surface area contributed by atoms with Crippen LogP contribution in [0.4, 0.5) is 0 Å². The van der Waals surface area contributed by atoms with Crippen molar-refractivity contribution < 1.29 is 14.3 Å². The van der Waals surface area contributed by atoms with Gasteiger partial charge in [0.2, 0.25) is 5.91 Å². The van der Waals surface area contributed by atoms with Gasteiger partial charge in [-0.05, 0) is 38.0 Å². The Kier molecular flexibility index (Phi) is 9.67. The number of carbonyl (C=O) groups excluding carboxylic acids is 1. The second-order valence-electron chi connectivity index (χ2n) is 5.64. The van der Waals surface area contributed by atoms with Crippen molar-refractivity contribution >= 4 is 5.91 Å². The highest BCUT2D eigenvalue weighted by Gasteiger charge is 2.24. The summed E-state index contributed by atoms with van der Waals surface area (Å²) in [7, 11) is 0. The molecule has 1 N–H and O–H groups in total. The summed E-state index contributed by atoms with van der Waals surface area (Å²) in [5.41, 5.74) is 0. The zero-order valence-corrected chi connectivity index (χ0v) is 13.2. The first-order valence-corrected chi connectivity index (χ1v) is 8.21. The van der Waals surface area contributed by atoms with E-state index >= 15 is 0 Å². The molecule has 0 bridgehead atoms. The van der Waals surface area contributed by atoms with Crippen LogP contribution in [0.1, 0.15) is 52.4 Å². The summed E-state index contributed by atoms with van der Waals surface area (Å²) in [4.78, 5) is 12.0. The molecule has 1 amide bonds. The Morgan fingerprint density at radius 2 is 1.65 bits per heavy atom. The number of amides is 1. The number of hydrogen-bond donors (Lipinski definition) is 1. The molecule has 1 aliphatic rings. The van der Waals surface area contributed by atoms with Crippen LogP contribution in [0, 0.1) is 11.8 Å². The normalized spacial score (nSPS) is 22.7. The second kappa shape index (κ2) is 11.1. The fraction of sp³-hybridized carbons (Fsp3) is 0.938. The molecule has 0 saturated heterocycles. The average Bonchev–Trinajstić information content (AvgIpc) is 2.50. The lowest BCUT2D eigenvalue weighted by Gasteiger charge is -2.26. The molecule has 0 aromatic heterocycles. The Labute approximate surface area is 123 Å². The smallest absolute Gasteiger partial charge is 0.223 e. The molecule has 20 heavy (non-hydrogen) atoms. The third-order valence-corrected chi connectivity index (χ3v) is 4.06. The van der Waals surface area contributed by atoms with Crippen LogP contribution in [0.5, 0.6) is 0 Å². The van der Waals surface area contributed by atoms with Gasteiger partial charge in [0.25, 0.3) is 0 Å². The van der Waals surface area contributed by atoms with Crippen molar-refractivity contribution in [3.8, 4) is 0 Å². The maximum Gasteiger partial charge on any atom is 0.223 e. The summed E-state index contributed by atoms with van der Waals surface area (Å²) in [6.07, 6.45) is 6.81. The van der Waals surface area contributed by atoms with E-state index in [2.05, 4.69) is 19.2 Å². The molecule has 1 aliphatic carbocycles. The third kappa shape index (κ3) is 7.25. The number of hydrogen-bond acceptors (Lipinski definition) is 3. The molecule has 1 rings (SSSR count). The summed E-state index contributed by atoms with van der Waals surface area (Å²) in [5.74, 6) is 1.28. The van der Waals surface area contributed by atoms with Crippen molar-refractivity contribution in [2.45, 2.75) is 52.4 Å². The first kappa shape index (κ1) is 17.4.